The van der Waals surface area contributed by atoms with Gasteiger partial charge >= 0.3 is 0 Å². The molecular formula is C27H27ClN4. The fourth-order valence-electron chi connectivity index (χ4n) is 4.66. The Morgan fingerprint density at radius 1 is 0.781 bits per heavy atom. The van der Waals surface area contributed by atoms with Crippen LogP contribution >= 0.6 is 11.6 Å². The maximum absolute atomic E-state index is 6.13. The predicted octanol–water partition coefficient (Wildman–Crippen LogP) is 7.09. The number of nitrogens with zero attached hydrogens (tertiary/aromatic N) is 2. The van der Waals surface area contributed by atoms with Crippen molar-refractivity contribution in [2.45, 2.75) is 44.7 Å². The van der Waals surface area contributed by atoms with E-state index in [9.17, 15) is 0 Å². The van der Waals surface area contributed by atoms with Gasteiger partial charge in [-0.05, 0) is 97.8 Å². The number of halogens is 1. The first-order valence-corrected chi connectivity index (χ1v) is 11.6. The van der Waals surface area contributed by atoms with Crippen molar-refractivity contribution in [3.63, 3.8) is 0 Å². The third-order valence-corrected chi connectivity index (χ3v) is 6.49. The van der Waals surface area contributed by atoms with Gasteiger partial charge in [-0.25, -0.2) is 0 Å². The van der Waals surface area contributed by atoms with Crippen LogP contribution in [0.2, 0.25) is 5.02 Å². The zero-order valence-corrected chi connectivity index (χ0v) is 18.9. The number of nitrogens with one attached hydrogen (secondary N) is 2. The molecule has 0 aliphatic heterocycles. The summed E-state index contributed by atoms with van der Waals surface area (Å²) < 4.78 is 0. The summed E-state index contributed by atoms with van der Waals surface area (Å²) in [7, 11) is 0. The van der Waals surface area contributed by atoms with Crippen LogP contribution in [-0.4, -0.2) is 22.1 Å². The van der Waals surface area contributed by atoms with E-state index in [1.807, 2.05) is 30.7 Å². The first-order chi connectivity index (χ1) is 15.6. The second kappa shape index (κ2) is 9.17. The van der Waals surface area contributed by atoms with Gasteiger partial charge in [0.05, 0.1) is 5.52 Å². The number of rotatable bonds is 5. The lowest BCUT2D eigenvalue weighted by atomic mass is 9.90. The van der Waals surface area contributed by atoms with E-state index in [-0.39, 0.29) is 0 Å². The Morgan fingerprint density at radius 2 is 1.53 bits per heavy atom. The molecule has 4 nitrogen and oxygen atoms in total. The Balaban J connectivity index is 1.23. The van der Waals surface area contributed by atoms with Crippen LogP contribution in [-0.2, 0) is 0 Å². The van der Waals surface area contributed by atoms with Crippen molar-refractivity contribution in [2.75, 3.05) is 10.6 Å². The van der Waals surface area contributed by atoms with Gasteiger partial charge in [0.15, 0.2) is 0 Å². The molecule has 0 atom stereocenters. The fourth-order valence-corrected chi connectivity index (χ4v) is 4.83. The lowest BCUT2D eigenvalue weighted by Crippen LogP contribution is -2.32. The Kier molecular flexibility index (Phi) is 5.95. The monoisotopic (exact) mass is 442 g/mol. The third kappa shape index (κ3) is 4.71. The van der Waals surface area contributed by atoms with E-state index in [0.717, 1.165) is 47.3 Å². The van der Waals surface area contributed by atoms with E-state index < -0.39 is 0 Å². The molecule has 0 spiro atoms. The molecule has 0 unspecified atom stereocenters. The number of benzene rings is 2. The van der Waals surface area contributed by atoms with E-state index in [1.54, 1.807) is 0 Å². The SMILES string of the molecule is Cc1cc(NC2CCC(Nc3ccnc4cc(Cl)ccc34)CC2)cc(-c2ccncc2)c1. The first kappa shape index (κ1) is 20.8. The van der Waals surface area contributed by atoms with Gasteiger partial charge in [-0.1, -0.05) is 17.7 Å². The molecule has 0 saturated heterocycles. The highest BCUT2D eigenvalue weighted by molar-refractivity contribution is 6.31. The average Bonchev–Trinajstić information content (AvgIpc) is 2.80. The van der Waals surface area contributed by atoms with Crippen molar-refractivity contribution in [3.05, 3.63) is 83.8 Å². The molecule has 0 amide bonds. The highest BCUT2D eigenvalue weighted by Crippen LogP contribution is 2.30. The molecule has 162 valence electrons. The van der Waals surface area contributed by atoms with Gasteiger partial charge < -0.3 is 10.6 Å². The van der Waals surface area contributed by atoms with Gasteiger partial charge in [0, 0.05) is 52.5 Å². The molecule has 5 heteroatoms. The minimum atomic E-state index is 0.471. The van der Waals surface area contributed by atoms with E-state index in [2.05, 4.69) is 70.0 Å². The largest absolute Gasteiger partial charge is 0.382 e. The predicted molar refractivity (Wildman–Crippen MR) is 134 cm³/mol. The van der Waals surface area contributed by atoms with Crippen molar-refractivity contribution in [1.29, 1.82) is 0 Å². The average molecular weight is 443 g/mol. The Morgan fingerprint density at radius 3 is 2.31 bits per heavy atom. The summed E-state index contributed by atoms with van der Waals surface area (Å²) in [6, 6.07) is 19.8. The van der Waals surface area contributed by atoms with Gasteiger partial charge in [-0.15, -0.1) is 0 Å². The van der Waals surface area contributed by atoms with Crippen molar-refractivity contribution >= 4 is 33.9 Å². The van der Waals surface area contributed by atoms with Gasteiger partial charge in [-0.3, -0.25) is 9.97 Å². The number of aryl methyl sites for hydroxylation is 1. The minimum absolute atomic E-state index is 0.471. The van der Waals surface area contributed by atoms with Gasteiger partial charge in [0.2, 0.25) is 0 Å². The van der Waals surface area contributed by atoms with Crippen LogP contribution in [0.25, 0.3) is 22.0 Å². The molecule has 2 aromatic heterocycles. The maximum atomic E-state index is 6.13. The number of hydrogen-bond donors (Lipinski definition) is 2. The molecule has 4 aromatic rings. The molecule has 1 fully saturated rings. The summed E-state index contributed by atoms with van der Waals surface area (Å²) in [5.74, 6) is 0. The van der Waals surface area contributed by atoms with Crippen LogP contribution in [0.5, 0.6) is 0 Å². The van der Waals surface area contributed by atoms with Crippen LogP contribution in [0.4, 0.5) is 11.4 Å². The van der Waals surface area contributed by atoms with E-state index in [4.69, 9.17) is 11.6 Å². The van der Waals surface area contributed by atoms with Crippen molar-refractivity contribution in [1.82, 2.24) is 9.97 Å². The number of anilines is 2. The molecular weight excluding hydrogens is 416 g/mol. The van der Waals surface area contributed by atoms with Gasteiger partial charge in [0.25, 0.3) is 0 Å². The van der Waals surface area contributed by atoms with Crippen LogP contribution in [0.15, 0.2) is 73.2 Å². The second-order valence-electron chi connectivity index (χ2n) is 8.68. The van der Waals surface area contributed by atoms with Crippen molar-refractivity contribution in [2.24, 2.45) is 0 Å². The maximum Gasteiger partial charge on any atom is 0.0737 e. The Labute approximate surface area is 194 Å². The molecule has 2 heterocycles. The summed E-state index contributed by atoms with van der Waals surface area (Å²) in [4.78, 5) is 8.59. The third-order valence-electron chi connectivity index (χ3n) is 6.25. The number of aromatic nitrogens is 2. The number of hydrogen-bond acceptors (Lipinski definition) is 4. The lowest BCUT2D eigenvalue weighted by molar-refractivity contribution is 0.429. The first-order valence-electron chi connectivity index (χ1n) is 11.2. The van der Waals surface area contributed by atoms with E-state index >= 15 is 0 Å². The van der Waals surface area contributed by atoms with Crippen LogP contribution in [0.3, 0.4) is 0 Å². The van der Waals surface area contributed by atoms with Gasteiger partial charge in [0.1, 0.15) is 0 Å². The zero-order chi connectivity index (χ0) is 21.9. The van der Waals surface area contributed by atoms with Crippen LogP contribution < -0.4 is 10.6 Å². The summed E-state index contributed by atoms with van der Waals surface area (Å²) in [6.45, 7) is 2.16. The smallest absolute Gasteiger partial charge is 0.0737 e. The fraction of sp³-hybridized carbons (Fsp3) is 0.259. The van der Waals surface area contributed by atoms with Crippen molar-refractivity contribution < 1.29 is 0 Å². The number of pyridine rings is 2. The molecule has 1 aliphatic rings. The summed E-state index contributed by atoms with van der Waals surface area (Å²) >= 11 is 6.13. The van der Waals surface area contributed by atoms with E-state index in [0.29, 0.717) is 12.1 Å². The molecule has 2 N–H and O–H groups in total. The second-order valence-corrected chi connectivity index (χ2v) is 9.12. The van der Waals surface area contributed by atoms with Gasteiger partial charge in [-0.2, -0.15) is 0 Å². The quantitative estimate of drug-likeness (QED) is 0.346. The molecule has 32 heavy (non-hydrogen) atoms. The molecule has 0 bridgehead atoms. The molecule has 5 rings (SSSR count). The highest BCUT2D eigenvalue weighted by atomic mass is 35.5. The zero-order valence-electron chi connectivity index (χ0n) is 18.2. The molecule has 2 aromatic carbocycles. The van der Waals surface area contributed by atoms with Crippen molar-refractivity contribution in [3.8, 4) is 11.1 Å². The summed E-state index contributed by atoms with van der Waals surface area (Å²) in [5.41, 5.74) is 6.97. The highest BCUT2D eigenvalue weighted by Gasteiger charge is 2.21. The van der Waals surface area contributed by atoms with Crippen LogP contribution in [0, 0.1) is 6.92 Å². The summed E-state index contributed by atoms with van der Waals surface area (Å²) in [6.07, 6.45) is 10.1. The Bertz CT molecular complexity index is 1220. The minimum Gasteiger partial charge on any atom is -0.382 e. The lowest BCUT2D eigenvalue weighted by Gasteiger charge is -2.31. The molecule has 0 radical (unpaired) electrons. The molecule has 1 saturated carbocycles. The van der Waals surface area contributed by atoms with Crippen LogP contribution in [0.1, 0.15) is 31.2 Å². The molecule has 1 aliphatic carbocycles. The number of fused-ring (bicyclic) bond motifs is 1. The summed E-state index contributed by atoms with van der Waals surface area (Å²) in [5, 5.41) is 9.38. The topological polar surface area (TPSA) is 49.8 Å². The van der Waals surface area contributed by atoms with E-state index in [1.165, 1.54) is 22.4 Å². The normalized spacial score (nSPS) is 18.4. The standard InChI is InChI=1S/C27H27ClN4/c1-18-14-20(19-8-11-29-12-9-19)16-24(15-18)31-22-3-5-23(6-4-22)32-26-10-13-30-27-17-21(28)2-7-25(26)27/h2,7-17,22-23,31H,3-6H2,1H3,(H,30,32). The Hall–Kier alpha value is -3.11.